The van der Waals surface area contributed by atoms with Crippen molar-refractivity contribution >= 4 is 11.8 Å². The molecule has 0 bridgehead atoms. The van der Waals surface area contributed by atoms with Gasteiger partial charge in [0.05, 0.1) is 24.7 Å². The summed E-state index contributed by atoms with van der Waals surface area (Å²) < 4.78 is 24.4. The lowest BCUT2D eigenvalue weighted by Gasteiger charge is -2.36. The van der Waals surface area contributed by atoms with Crippen LogP contribution >= 0.6 is 0 Å². The second-order valence-electron chi connectivity index (χ2n) is 6.87. The maximum absolute atomic E-state index is 13.4. The van der Waals surface area contributed by atoms with Crippen LogP contribution < -0.4 is 0 Å². The third-order valence-corrected chi connectivity index (χ3v) is 5.21. The smallest absolute Gasteiger partial charge is 0.249 e. The van der Waals surface area contributed by atoms with Gasteiger partial charge in [0.1, 0.15) is 12.4 Å². The van der Waals surface area contributed by atoms with E-state index in [0.717, 1.165) is 12.0 Å². The Morgan fingerprint density at radius 1 is 1.32 bits per heavy atom. The summed E-state index contributed by atoms with van der Waals surface area (Å²) in [5.41, 5.74) is 0.739. The molecule has 7 heteroatoms. The van der Waals surface area contributed by atoms with E-state index in [0.29, 0.717) is 32.8 Å². The van der Waals surface area contributed by atoms with Gasteiger partial charge in [0.15, 0.2) is 0 Å². The lowest BCUT2D eigenvalue weighted by atomic mass is 10.1. The van der Waals surface area contributed by atoms with Crippen LogP contribution in [0.3, 0.4) is 0 Å². The second-order valence-corrected chi connectivity index (χ2v) is 6.87. The summed E-state index contributed by atoms with van der Waals surface area (Å²) in [5, 5.41) is 0. The normalized spacial score (nSPS) is 29.2. The van der Waals surface area contributed by atoms with Crippen molar-refractivity contribution in [2.45, 2.75) is 25.1 Å². The van der Waals surface area contributed by atoms with Gasteiger partial charge in [-0.15, -0.1) is 0 Å². The van der Waals surface area contributed by atoms with Crippen molar-refractivity contribution in [3.63, 3.8) is 0 Å². The van der Waals surface area contributed by atoms with E-state index in [1.54, 1.807) is 21.9 Å². The highest BCUT2D eigenvalue weighted by molar-refractivity contribution is 5.81. The molecule has 0 spiro atoms. The molecule has 0 radical (unpaired) electrons. The molecule has 1 aromatic rings. The van der Waals surface area contributed by atoms with Gasteiger partial charge in [-0.2, -0.15) is 0 Å². The van der Waals surface area contributed by atoms with Gasteiger partial charge in [-0.05, 0) is 24.1 Å². The number of nitrogens with zero attached hydrogens (tertiary/aromatic N) is 2. The zero-order valence-corrected chi connectivity index (χ0v) is 13.9. The Hall–Kier alpha value is -1.99. The third kappa shape index (κ3) is 3.26. The molecule has 6 nitrogen and oxygen atoms in total. The summed E-state index contributed by atoms with van der Waals surface area (Å²) in [5.74, 6) is -0.454. The molecule has 3 atom stereocenters. The molecule has 2 amide bonds. The van der Waals surface area contributed by atoms with Crippen LogP contribution in [0.25, 0.3) is 0 Å². The quantitative estimate of drug-likeness (QED) is 0.811. The SMILES string of the molecule is O=C([C@@H]1CCOC1)N1C[C@@H]2[C@@H](C1)OCC(=O)N2Cc1cccc(F)c1. The van der Waals surface area contributed by atoms with Crippen molar-refractivity contribution in [2.24, 2.45) is 5.92 Å². The summed E-state index contributed by atoms with van der Waals surface area (Å²) in [7, 11) is 0. The molecule has 3 saturated heterocycles. The molecule has 0 unspecified atom stereocenters. The maximum atomic E-state index is 13.4. The number of hydrogen-bond acceptors (Lipinski definition) is 4. The van der Waals surface area contributed by atoms with E-state index >= 15 is 0 Å². The van der Waals surface area contributed by atoms with Crippen LogP contribution in [0.5, 0.6) is 0 Å². The highest BCUT2D eigenvalue weighted by atomic mass is 19.1. The predicted octanol–water partition coefficient (Wildman–Crippen LogP) is 0.800. The van der Waals surface area contributed by atoms with Crippen LogP contribution in [0.2, 0.25) is 0 Å². The molecule has 0 aromatic heterocycles. The van der Waals surface area contributed by atoms with E-state index in [2.05, 4.69) is 0 Å². The van der Waals surface area contributed by atoms with E-state index in [1.165, 1.54) is 12.1 Å². The van der Waals surface area contributed by atoms with Gasteiger partial charge in [-0.3, -0.25) is 9.59 Å². The van der Waals surface area contributed by atoms with Crippen LogP contribution in [-0.2, 0) is 25.6 Å². The number of ether oxygens (including phenoxy) is 2. The first-order valence-corrected chi connectivity index (χ1v) is 8.64. The van der Waals surface area contributed by atoms with E-state index < -0.39 is 0 Å². The number of morpholine rings is 1. The third-order valence-electron chi connectivity index (χ3n) is 5.21. The zero-order chi connectivity index (χ0) is 17.4. The number of hydrogen-bond donors (Lipinski definition) is 0. The maximum Gasteiger partial charge on any atom is 0.249 e. The van der Waals surface area contributed by atoms with Gasteiger partial charge in [0.25, 0.3) is 0 Å². The predicted molar refractivity (Wildman–Crippen MR) is 86.0 cm³/mol. The van der Waals surface area contributed by atoms with Crippen molar-refractivity contribution in [2.75, 3.05) is 32.9 Å². The minimum Gasteiger partial charge on any atom is -0.381 e. The molecule has 1 aromatic carbocycles. The van der Waals surface area contributed by atoms with Crippen LogP contribution in [-0.4, -0.2) is 66.7 Å². The number of fused-ring (bicyclic) bond motifs is 1. The fraction of sp³-hybridized carbons (Fsp3) is 0.556. The number of amides is 2. The van der Waals surface area contributed by atoms with Crippen LogP contribution in [0.4, 0.5) is 4.39 Å². The largest absolute Gasteiger partial charge is 0.381 e. The Morgan fingerprint density at radius 3 is 2.96 bits per heavy atom. The highest BCUT2D eigenvalue weighted by Gasteiger charge is 2.45. The highest BCUT2D eigenvalue weighted by Crippen LogP contribution is 2.27. The number of halogens is 1. The summed E-state index contributed by atoms with van der Waals surface area (Å²) in [4.78, 5) is 28.5. The molecule has 3 fully saturated rings. The van der Waals surface area contributed by atoms with Crippen molar-refractivity contribution in [3.05, 3.63) is 35.6 Å². The van der Waals surface area contributed by atoms with Gasteiger partial charge in [-0.25, -0.2) is 4.39 Å². The van der Waals surface area contributed by atoms with Crippen molar-refractivity contribution in [1.82, 2.24) is 9.80 Å². The molecule has 0 saturated carbocycles. The average Bonchev–Trinajstić information content (AvgIpc) is 3.26. The van der Waals surface area contributed by atoms with E-state index in [9.17, 15) is 14.0 Å². The van der Waals surface area contributed by atoms with Crippen LogP contribution in [0.15, 0.2) is 24.3 Å². The number of carbonyl (C=O) groups excluding carboxylic acids is 2. The van der Waals surface area contributed by atoms with E-state index in [4.69, 9.17) is 9.47 Å². The molecule has 3 heterocycles. The molecule has 25 heavy (non-hydrogen) atoms. The molecule has 134 valence electrons. The van der Waals surface area contributed by atoms with Gasteiger partial charge in [0.2, 0.25) is 11.8 Å². The summed E-state index contributed by atoms with van der Waals surface area (Å²) in [6.07, 6.45) is 0.565. The minimum absolute atomic E-state index is 0.00501. The van der Waals surface area contributed by atoms with Gasteiger partial charge < -0.3 is 19.3 Å². The number of carbonyl (C=O) groups is 2. The summed E-state index contributed by atoms with van der Waals surface area (Å²) in [6, 6.07) is 6.07. The first-order valence-electron chi connectivity index (χ1n) is 8.64. The first-order chi connectivity index (χ1) is 12.1. The monoisotopic (exact) mass is 348 g/mol. The lowest BCUT2D eigenvalue weighted by Crippen LogP contribution is -2.53. The number of likely N-dealkylation sites (tertiary alicyclic amines) is 1. The van der Waals surface area contributed by atoms with Crippen molar-refractivity contribution in [1.29, 1.82) is 0 Å². The average molecular weight is 348 g/mol. The zero-order valence-electron chi connectivity index (χ0n) is 13.9. The Bertz CT molecular complexity index is 677. The first kappa shape index (κ1) is 16.5. The number of benzene rings is 1. The van der Waals surface area contributed by atoms with Crippen molar-refractivity contribution in [3.8, 4) is 0 Å². The number of rotatable bonds is 3. The fourth-order valence-corrected chi connectivity index (χ4v) is 3.87. The molecular formula is C18H21FN2O4. The summed E-state index contributed by atoms with van der Waals surface area (Å²) >= 11 is 0. The van der Waals surface area contributed by atoms with E-state index in [-0.39, 0.29) is 42.3 Å². The molecule has 4 rings (SSSR count). The fourth-order valence-electron chi connectivity index (χ4n) is 3.87. The van der Waals surface area contributed by atoms with Crippen LogP contribution in [0.1, 0.15) is 12.0 Å². The van der Waals surface area contributed by atoms with Crippen LogP contribution in [0, 0.1) is 11.7 Å². The lowest BCUT2D eigenvalue weighted by molar-refractivity contribution is -0.153. The molecule has 0 N–H and O–H groups in total. The minimum atomic E-state index is -0.320. The standard InChI is InChI=1S/C18H21FN2O4/c19-14-3-1-2-12(6-14)7-21-15-8-20(9-16(15)25-11-17(21)22)18(23)13-4-5-24-10-13/h1-3,6,13,15-16H,4-5,7-11H2/t13-,15-,16-/m1/s1. The Labute approximate surface area is 145 Å². The molecule has 0 aliphatic carbocycles. The molecular weight excluding hydrogens is 327 g/mol. The Morgan fingerprint density at radius 2 is 2.20 bits per heavy atom. The Balaban J connectivity index is 1.48. The molecule has 3 aliphatic rings. The second kappa shape index (κ2) is 6.72. The topological polar surface area (TPSA) is 59.1 Å². The van der Waals surface area contributed by atoms with E-state index in [1.807, 2.05) is 0 Å². The van der Waals surface area contributed by atoms with Gasteiger partial charge in [0, 0.05) is 26.2 Å². The van der Waals surface area contributed by atoms with Gasteiger partial charge >= 0.3 is 0 Å². The van der Waals surface area contributed by atoms with Crippen molar-refractivity contribution < 1.29 is 23.5 Å². The summed E-state index contributed by atoms with van der Waals surface area (Å²) in [6.45, 7) is 2.38. The van der Waals surface area contributed by atoms with Gasteiger partial charge in [-0.1, -0.05) is 12.1 Å². The Kier molecular flexibility index (Phi) is 4.43. The molecule has 3 aliphatic heterocycles.